The zero-order valence-electron chi connectivity index (χ0n) is 17.2. The molecule has 158 valence electrons. The van der Waals surface area contributed by atoms with E-state index in [4.69, 9.17) is 9.72 Å². The van der Waals surface area contributed by atoms with Crippen molar-refractivity contribution >= 4 is 34.8 Å². The van der Waals surface area contributed by atoms with E-state index in [9.17, 15) is 4.79 Å². The predicted molar refractivity (Wildman–Crippen MR) is 127 cm³/mol. The summed E-state index contributed by atoms with van der Waals surface area (Å²) in [4.78, 5) is 17.2. The summed E-state index contributed by atoms with van der Waals surface area (Å²) in [6.45, 7) is 1.90. The molecule has 0 radical (unpaired) electrons. The number of aryl methyl sites for hydroxylation is 1. The maximum absolute atomic E-state index is 12.5. The van der Waals surface area contributed by atoms with Crippen LogP contribution in [0.5, 0.6) is 5.75 Å². The third kappa shape index (κ3) is 5.34. The summed E-state index contributed by atoms with van der Waals surface area (Å²) in [5.74, 6) is 2.53. The van der Waals surface area contributed by atoms with E-state index >= 15 is 0 Å². The molecule has 0 saturated carbocycles. The van der Waals surface area contributed by atoms with E-state index in [1.165, 1.54) is 16.9 Å². The summed E-state index contributed by atoms with van der Waals surface area (Å²) in [6.07, 6.45) is 0. The van der Waals surface area contributed by atoms with Gasteiger partial charge in [-0.25, -0.2) is 4.98 Å². The molecule has 0 aliphatic carbocycles. The van der Waals surface area contributed by atoms with Crippen LogP contribution < -0.4 is 10.1 Å². The number of methoxy groups -OCH3 is 1. The predicted octanol–water partition coefficient (Wildman–Crippen LogP) is 5.18. The number of anilines is 1. The first kappa shape index (κ1) is 21.1. The number of rotatable bonds is 8. The molecular formula is C23H22N4O2S2. The second-order valence-electron chi connectivity index (χ2n) is 6.85. The van der Waals surface area contributed by atoms with Crippen LogP contribution in [0, 0.1) is 6.92 Å². The molecule has 0 bridgehead atoms. The van der Waals surface area contributed by atoms with Crippen LogP contribution in [0.2, 0.25) is 0 Å². The van der Waals surface area contributed by atoms with E-state index in [1.807, 2.05) is 60.8 Å². The molecule has 0 saturated heterocycles. The maximum Gasteiger partial charge on any atom is 0.235 e. The van der Waals surface area contributed by atoms with Crippen LogP contribution >= 0.6 is 23.1 Å². The monoisotopic (exact) mass is 450 g/mol. The summed E-state index contributed by atoms with van der Waals surface area (Å²) >= 11 is 3.06. The van der Waals surface area contributed by atoms with E-state index in [0.29, 0.717) is 16.7 Å². The van der Waals surface area contributed by atoms with E-state index < -0.39 is 0 Å². The highest BCUT2D eigenvalue weighted by Crippen LogP contribution is 2.27. The van der Waals surface area contributed by atoms with Crippen LogP contribution in [-0.2, 0) is 10.5 Å². The molecule has 1 amide bonds. The number of ether oxygens (including phenoxy) is 1. The number of thioether (sulfide) groups is 1. The largest absolute Gasteiger partial charge is 0.497 e. The van der Waals surface area contributed by atoms with Crippen LogP contribution in [0.25, 0.3) is 16.4 Å². The van der Waals surface area contributed by atoms with Gasteiger partial charge in [0.25, 0.3) is 0 Å². The van der Waals surface area contributed by atoms with Gasteiger partial charge in [0.2, 0.25) is 11.0 Å². The number of aromatic nitrogens is 3. The van der Waals surface area contributed by atoms with Crippen molar-refractivity contribution in [2.24, 2.45) is 0 Å². The van der Waals surface area contributed by atoms with E-state index in [0.717, 1.165) is 28.5 Å². The first-order chi connectivity index (χ1) is 15.1. The molecule has 0 unspecified atom stereocenters. The number of benzene rings is 2. The van der Waals surface area contributed by atoms with Crippen molar-refractivity contribution in [1.29, 1.82) is 0 Å². The molecule has 0 spiro atoms. The third-order valence-corrected chi connectivity index (χ3v) is 6.32. The Bertz CT molecular complexity index is 1150. The lowest BCUT2D eigenvalue weighted by molar-refractivity contribution is -0.113. The fraction of sp³-hybridized carbons (Fsp3) is 0.174. The van der Waals surface area contributed by atoms with Crippen LogP contribution in [0.4, 0.5) is 5.82 Å². The molecule has 0 aliphatic rings. The average Bonchev–Trinajstić information content (AvgIpc) is 3.41. The number of carbonyl (C=O) groups excluding carboxylic acids is 1. The van der Waals surface area contributed by atoms with Gasteiger partial charge in [0.1, 0.15) is 11.6 Å². The zero-order valence-corrected chi connectivity index (χ0v) is 18.9. The minimum atomic E-state index is -0.0611. The van der Waals surface area contributed by atoms with Gasteiger partial charge in [-0.2, -0.15) is 9.78 Å². The van der Waals surface area contributed by atoms with Crippen molar-refractivity contribution in [3.8, 4) is 22.1 Å². The molecule has 2 aromatic carbocycles. The Morgan fingerprint density at radius 2 is 1.94 bits per heavy atom. The molecule has 1 N–H and O–H groups in total. The number of hydrogen-bond donors (Lipinski definition) is 1. The van der Waals surface area contributed by atoms with Gasteiger partial charge in [-0.05, 0) is 36.8 Å². The Morgan fingerprint density at radius 1 is 1.16 bits per heavy atom. The lowest BCUT2D eigenvalue weighted by Crippen LogP contribution is -2.17. The second kappa shape index (κ2) is 9.80. The van der Waals surface area contributed by atoms with Crippen molar-refractivity contribution < 1.29 is 9.53 Å². The molecule has 0 aliphatic heterocycles. The second-order valence-corrected chi connectivity index (χ2v) is 8.68. The quantitative estimate of drug-likeness (QED) is 0.400. The van der Waals surface area contributed by atoms with Crippen molar-refractivity contribution in [1.82, 2.24) is 14.8 Å². The maximum atomic E-state index is 12.5. The molecular weight excluding hydrogens is 428 g/mol. The summed E-state index contributed by atoms with van der Waals surface area (Å²) in [7, 11) is 1.64. The summed E-state index contributed by atoms with van der Waals surface area (Å²) in [5.41, 5.74) is 3.87. The number of hydrogen-bond acceptors (Lipinski definition) is 6. The van der Waals surface area contributed by atoms with Gasteiger partial charge < -0.3 is 10.1 Å². The molecule has 0 atom stereocenters. The van der Waals surface area contributed by atoms with Crippen molar-refractivity contribution in [3.63, 3.8) is 0 Å². The fourth-order valence-corrected chi connectivity index (χ4v) is 4.59. The lowest BCUT2D eigenvalue weighted by atomic mass is 10.2. The number of nitrogens with one attached hydrogen (secondary N) is 1. The molecule has 2 heterocycles. The molecule has 0 fully saturated rings. The van der Waals surface area contributed by atoms with Crippen LogP contribution in [0.15, 0.2) is 66.0 Å². The zero-order chi connectivity index (χ0) is 21.6. The highest BCUT2D eigenvalue weighted by Gasteiger charge is 2.14. The average molecular weight is 451 g/mol. The Kier molecular flexibility index (Phi) is 6.69. The number of carbonyl (C=O) groups is 1. The fourth-order valence-electron chi connectivity index (χ4n) is 3.00. The van der Waals surface area contributed by atoms with Gasteiger partial charge in [-0.15, -0.1) is 23.1 Å². The lowest BCUT2D eigenvalue weighted by Gasteiger charge is -2.07. The van der Waals surface area contributed by atoms with Crippen LogP contribution in [0.3, 0.4) is 0 Å². The summed E-state index contributed by atoms with van der Waals surface area (Å²) in [5, 5.41) is 10.2. The van der Waals surface area contributed by atoms with Crippen molar-refractivity contribution in [2.75, 3.05) is 18.2 Å². The smallest absolute Gasteiger partial charge is 0.235 e. The normalized spacial score (nSPS) is 10.8. The van der Waals surface area contributed by atoms with Crippen molar-refractivity contribution in [3.05, 3.63) is 77.3 Å². The minimum Gasteiger partial charge on any atom is -0.497 e. The topological polar surface area (TPSA) is 69.0 Å². The first-order valence-electron chi connectivity index (χ1n) is 9.71. The Hall–Kier alpha value is -3.10. The van der Waals surface area contributed by atoms with Gasteiger partial charge in [0, 0.05) is 22.8 Å². The number of nitrogens with zero attached hydrogens (tertiary/aromatic N) is 3. The molecule has 2 aromatic heterocycles. The van der Waals surface area contributed by atoms with Crippen LogP contribution in [-0.4, -0.2) is 33.5 Å². The summed E-state index contributed by atoms with van der Waals surface area (Å²) < 4.78 is 6.90. The van der Waals surface area contributed by atoms with Gasteiger partial charge in [-0.3, -0.25) is 4.79 Å². The molecule has 4 rings (SSSR count). The number of amides is 1. The first-order valence-corrected chi connectivity index (χ1v) is 11.7. The molecule has 8 heteroatoms. The highest BCUT2D eigenvalue weighted by atomic mass is 32.2. The van der Waals surface area contributed by atoms with Gasteiger partial charge in [-0.1, -0.05) is 30.3 Å². The third-order valence-electron chi connectivity index (χ3n) is 4.50. The SMILES string of the molecule is COc1ccc(-c2csc(-n3nc(C)cc3NC(=O)CSCc3ccccc3)n2)cc1. The van der Waals surface area contributed by atoms with E-state index in [-0.39, 0.29) is 5.91 Å². The minimum absolute atomic E-state index is 0.0611. The van der Waals surface area contributed by atoms with E-state index in [1.54, 1.807) is 23.6 Å². The van der Waals surface area contributed by atoms with E-state index in [2.05, 4.69) is 22.5 Å². The van der Waals surface area contributed by atoms with Crippen molar-refractivity contribution in [2.45, 2.75) is 12.7 Å². The molecule has 31 heavy (non-hydrogen) atoms. The Balaban J connectivity index is 1.43. The highest BCUT2D eigenvalue weighted by molar-refractivity contribution is 7.99. The Labute approximate surface area is 189 Å². The van der Waals surface area contributed by atoms with Gasteiger partial charge in [0.05, 0.1) is 24.3 Å². The van der Waals surface area contributed by atoms with Gasteiger partial charge in [0.15, 0.2) is 0 Å². The Morgan fingerprint density at radius 3 is 2.68 bits per heavy atom. The number of thiazole rings is 1. The summed E-state index contributed by atoms with van der Waals surface area (Å²) in [6, 6.07) is 19.7. The molecule has 6 nitrogen and oxygen atoms in total. The standard InChI is InChI=1S/C23H22N4O2S2/c1-16-12-21(25-22(28)15-30-13-17-6-4-3-5-7-17)27(26-16)23-24-20(14-31-23)18-8-10-19(29-2)11-9-18/h3-12,14H,13,15H2,1-2H3,(H,25,28). The van der Waals surface area contributed by atoms with Crippen LogP contribution in [0.1, 0.15) is 11.3 Å². The molecule has 4 aromatic rings. The van der Waals surface area contributed by atoms with Gasteiger partial charge >= 0.3 is 0 Å².